The average molecular weight is 373 g/mol. The molecule has 0 radical (unpaired) electrons. The number of nitrogens with one attached hydrogen (secondary N) is 1. The van der Waals surface area contributed by atoms with Crippen LogP contribution in [0, 0.1) is 11.3 Å². The van der Waals surface area contributed by atoms with Crippen molar-refractivity contribution in [1.29, 1.82) is 5.26 Å². The molecule has 3 aromatic heterocycles. The standard InChI is InChI=1S/C20H19N7O/c21-11-18-19(27-9-1-2-10-27)6-5-16(25-18)17-7-8-22-20(26-17)24-14-3-4-15(13-28)23-12-14/h3-8,12,28H,1-2,9-10,13H2,(H,22,24,26). The molecule has 3 aromatic rings. The summed E-state index contributed by atoms with van der Waals surface area (Å²) < 4.78 is 0. The normalized spacial score (nSPS) is 13.4. The largest absolute Gasteiger partial charge is 0.390 e. The summed E-state index contributed by atoms with van der Waals surface area (Å²) in [6, 6.07) is 11.3. The first-order chi connectivity index (χ1) is 13.8. The highest BCUT2D eigenvalue weighted by Gasteiger charge is 2.17. The zero-order chi connectivity index (χ0) is 19.3. The lowest BCUT2D eigenvalue weighted by Gasteiger charge is -2.18. The number of pyridine rings is 2. The lowest BCUT2D eigenvalue weighted by atomic mass is 10.2. The average Bonchev–Trinajstić information content (AvgIpc) is 3.29. The van der Waals surface area contributed by atoms with E-state index in [-0.39, 0.29) is 6.61 Å². The Balaban J connectivity index is 1.59. The van der Waals surface area contributed by atoms with Crippen molar-refractivity contribution in [3.63, 3.8) is 0 Å². The van der Waals surface area contributed by atoms with Crippen LogP contribution in [0.3, 0.4) is 0 Å². The van der Waals surface area contributed by atoms with E-state index in [9.17, 15) is 5.26 Å². The molecule has 1 fully saturated rings. The molecule has 0 unspecified atom stereocenters. The zero-order valence-corrected chi connectivity index (χ0v) is 15.2. The van der Waals surface area contributed by atoms with Crippen LogP contribution in [0.4, 0.5) is 17.3 Å². The molecule has 28 heavy (non-hydrogen) atoms. The minimum absolute atomic E-state index is 0.105. The van der Waals surface area contributed by atoms with E-state index in [2.05, 4.69) is 36.2 Å². The van der Waals surface area contributed by atoms with Gasteiger partial charge in [-0.05, 0) is 43.2 Å². The minimum atomic E-state index is -0.105. The molecular formula is C20H19N7O. The Morgan fingerprint density at radius 3 is 2.57 bits per heavy atom. The van der Waals surface area contributed by atoms with E-state index in [1.54, 1.807) is 30.6 Å². The van der Waals surface area contributed by atoms with Crippen LogP contribution in [0.25, 0.3) is 11.4 Å². The molecule has 0 bridgehead atoms. The second-order valence-electron chi connectivity index (χ2n) is 6.46. The van der Waals surface area contributed by atoms with Crippen LogP contribution in [0.15, 0.2) is 42.7 Å². The third-order valence-electron chi connectivity index (χ3n) is 4.59. The monoisotopic (exact) mass is 373 g/mol. The Morgan fingerprint density at radius 2 is 1.86 bits per heavy atom. The molecule has 1 aliphatic rings. The van der Waals surface area contributed by atoms with Crippen LogP contribution in [0.5, 0.6) is 0 Å². The third-order valence-corrected chi connectivity index (χ3v) is 4.59. The maximum atomic E-state index is 9.53. The summed E-state index contributed by atoms with van der Waals surface area (Å²) in [4.78, 5) is 19.6. The van der Waals surface area contributed by atoms with Gasteiger partial charge in [0.15, 0.2) is 5.69 Å². The first-order valence-electron chi connectivity index (χ1n) is 9.09. The van der Waals surface area contributed by atoms with E-state index in [4.69, 9.17) is 5.11 Å². The maximum Gasteiger partial charge on any atom is 0.227 e. The predicted octanol–water partition coefficient (Wildman–Crippen LogP) is 2.64. The maximum absolute atomic E-state index is 9.53. The van der Waals surface area contributed by atoms with Crippen molar-refractivity contribution in [3.05, 3.63) is 54.1 Å². The molecule has 8 nitrogen and oxygen atoms in total. The highest BCUT2D eigenvalue weighted by molar-refractivity contribution is 5.65. The van der Waals surface area contributed by atoms with Gasteiger partial charge in [0.1, 0.15) is 6.07 Å². The minimum Gasteiger partial charge on any atom is -0.390 e. The topological polar surface area (TPSA) is 111 Å². The Kier molecular flexibility index (Phi) is 5.08. The van der Waals surface area contributed by atoms with Gasteiger partial charge in [0.2, 0.25) is 5.95 Å². The fraction of sp³-hybridized carbons (Fsp3) is 0.250. The Labute approximate surface area is 162 Å². The summed E-state index contributed by atoms with van der Waals surface area (Å²) >= 11 is 0. The SMILES string of the molecule is N#Cc1nc(-c2ccnc(Nc3ccc(CO)nc3)n2)ccc1N1CCCC1. The summed E-state index contributed by atoms with van der Waals surface area (Å²) in [6.07, 6.45) is 5.53. The van der Waals surface area contributed by atoms with Crippen molar-refractivity contribution in [2.75, 3.05) is 23.3 Å². The zero-order valence-electron chi connectivity index (χ0n) is 15.2. The first-order valence-corrected chi connectivity index (χ1v) is 9.09. The Morgan fingerprint density at radius 1 is 1.04 bits per heavy atom. The lowest BCUT2D eigenvalue weighted by Crippen LogP contribution is -2.19. The number of rotatable bonds is 5. The van der Waals surface area contributed by atoms with Gasteiger partial charge in [-0.25, -0.2) is 15.0 Å². The van der Waals surface area contributed by atoms with E-state index in [0.717, 1.165) is 31.6 Å². The lowest BCUT2D eigenvalue weighted by molar-refractivity contribution is 0.277. The van der Waals surface area contributed by atoms with E-state index < -0.39 is 0 Å². The van der Waals surface area contributed by atoms with Gasteiger partial charge < -0.3 is 15.3 Å². The van der Waals surface area contributed by atoms with Crippen LogP contribution in [0.1, 0.15) is 24.2 Å². The van der Waals surface area contributed by atoms with Crippen molar-refractivity contribution in [2.45, 2.75) is 19.4 Å². The molecule has 1 saturated heterocycles. The second-order valence-corrected chi connectivity index (χ2v) is 6.46. The number of aliphatic hydroxyl groups is 1. The van der Waals surface area contributed by atoms with Gasteiger partial charge in [0.05, 0.1) is 41.3 Å². The highest BCUT2D eigenvalue weighted by atomic mass is 16.3. The van der Waals surface area contributed by atoms with Crippen molar-refractivity contribution >= 4 is 17.3 Å². The van der Waals surface area contributed by atoms with Crippen LogP contribution >= 0.6 is 0 Å². The Hall–Kier alpha value is -3.57. The summed E-state index contributed by atoms with van der Waals surface area (Å²) in [7, 11) is 0. The van der Waals surface area contributed by atoms with Gasteiger partial charge in [-0.3, -0.25) is 4.98 Å². The summed E-state index contributed by atoms with van der Waals surface area (Å²) in [6.45, 7) is 1.81. The van der Waals surface area contributed by atoms with Gasteiger partial charge in [0, 0.05) is 19.3 Å². The number of anilines is 3. The van der Waals surface area contributed by atoms with Crippen molar-refractivity contribution in [3.8, 4) is 17.5 Å². The van der Waals surface area contributed by atoms with E-state index in [0.29, 0.717) is 34.4 Å². The molecule has 0 aromatic carbocycles. The number of nitriles is 1. The fourth-order valence-electron chi connectivity index (χ4n) is 3.17. The number of aliphatic hydroxyl groups excluding tert-OH is 1. The van der Waals surface area contributed by atoms with Gasteiger partial charge in [0.25, 0.3) is 0 Å². The number of nitrogens with zero attached hydrogens (tertiary/aromatic N) is 6. The molecule has 2 N–H and O–H groups in total. The highest BCUT2D eigenvalue weighted by Crippen LogP contribution is 2.26. The second kappa shape index (κ2) is 7.98. The quantitative estimate of drug-likeness (QED) is 0.702. The van der Waals surface area contributed by atoms with Crippen LogP contribution < -0.4 is 10.2 Å². The van der Waals surface area contributed by atoms with Crippen molar-refractivity contribution in [1.82, 2.24) is 19.9 Å². The molecule has 4 rings (SSSR count). The Bertz CT molecular complexity index is 1010. The molecule has 140 valence electrons. The molecule has 1 aliphatic heterocycles. The van der Waals surface area contributed by atoms with E-state index >= 15 is 0 Å². The molecule has 4 heterocycles. The number of aromatic nitrogens is 4. The number of hydrogen-bond acceptors (Lipinski definition) is 8. The van der Waals surface area contributed by atoms with Crippen LogP contribution in [-0.4, -0.2) is 38.1 Å². The molecule has 0 atom stereocenters. The molecular weight excluding hydrogens is 354 g/mol. The van der Waals surface area contributed by atoms with E-state index in [1.165, 1.54) is 0 Å². The number of hydrogen-bond donors (Lipinski definition) is 2. The molecule has 8 heteroatoms. The van der Waals surface area contributed by atoms with Crippen molar-refractivity contribution in [2.24, 2.45) is 0 Å². The van der Waals surface area contributed by atoms with E-state index in [1.807, 2.05) is 12.1 Å². The molecule has 0 aliphatic carbocycles. The third kappa shape index (κ3) is 3.75. The van der Waals surface area contributed by atoms with Gasteiger partial charge in [-0.2, -0.15) is 5.26 Å². The van der Waals surface area contributed by atoms with Crippen LogP contribution in [-0.2, 0) is 6.61 Å². The van der Waals surface area contributed by atoms with Crippen LogP contribution in [0.2, 0.25) is 0 Å². The summed E-state index contributed by atoms with van der Waals surface area (Å²) in [5.74, 6) is 0.403. The molecule has 0 saturated carbocycles. The summed E-state index contributed by atoms with van der Waals surface area (Å²) in [5.41, 5.74) is 3.85. The molecule has 0 amide bonds. The molecule has 0 spiro atoms. The fourth-order valence-corrected chi connectivity index (χ4v) is 3.17. The smallest absolute Gasteiger partial charge is 0.227 e. The first kappa shape index (κ1) is 17.8. The van der Waals surface area contributed by atoms with Gasteiger partial charge in [-0.15, -0.1) is 0 Å². The van der Waals surface area contributed by atoms with Gasteiger partial charge >= 0.3 is 0 Å². The summed E-state index contributed by atoms with van der Waals surface area (Å²) in [5, 5.41) is 21.7. The predicted molar refractivity (Wildman–Crippen MR) is 105 cm³/mol. The van der Waals surface area contributed by atoms with Gasteiger partial charge in [-0.1, -0.05) is 0 Å². The van der Waals surface area contributed by atoms with Crippen molar-refractivity contribution < 1.29 is 5.11 Å².